The lowest BCUT2D eigenvalue weighted by Gasteiger charge is -2.37. The topological polar surface area (TPSA) is 88.2 Å². The predicted molar refractivity (Wildman–Crippen MR) is 109 cm³/mol. The predicted octanol–water partition coefficient (Wildman–Crippen LogP) is 2.58. The van der Waals surface area contributed by atoms with E-state index in [-0.39, 0.29) is 17.4 Å². The Morgan fingerprint density at radius 3 is 2.61 bits per heavy atom. The number of anilines is 2. The molecule has 4 rings (SSSR count). The Balaban J connectivity index is 1.57. The lowest BCUT2D eigenvalue weighted by molar-refractivity contribution is -0.138. The monoisotopic (exact) mass is 432 g/mol. The molecule has 3 heterocycles. The van der Waals surface area contributed by atoms with Gasteiger partial charge in [0.2, 0.25) is 5.91 Å². The van der Waals surface area contributed by atoms with Crippen molar-refractivity contribution >= 4 is 17.5 Å². The van der Waals surface area contributed by atoms with Gasteiger partial charge in [0.15, 0.2) is 0 Å². The van der Waals surface area contributed by atoms with Gasteiger partial charge in [0.25, 0.3) is 0 Å². The molecule has 31 heavy (non-hydrogen) atoms. The smallest absolute Gasteiger partial charge is 0.384 e. The number of piperazine rings is 1. The highest BCUT2D eigenvalue weighted by Crippen LogP contribution is 2.40. The largest absolute Gasteiger partial charge is 0.418 e. The SMILES string of the molecule is C=CC(=O)N1CCN(c2ncnc3c2CCC(c2nc(N)ccc2C(F)(F)F)C3)CC1. The fraction of sp³-hybridized carbons (Fsp3) is 0.429. The molecule has 1 unspecified atom stereocenters. The van der Waals surface area contributed by atoms with Crippen LogP contribution in [-0.4, -0.2) is 51.9 Å². The first kappa shape index (κ1) is 21.1. The first-order valence-corrected chi connectivity index (χ1v) is 10.1. The van der Waals surface area contributed by atoms with Crippen LogP contribution in [0, 0.1) is 0 Å². The Hall–Kier alpha value is -3.17. The molecule has 1 aliphatic carbocycles. The average molecular weight is 432 g/mol. The summed E-state index contributed by atoms with van der Waals surface area (Å²) in [6.07, 6.45) is -0.330. The number of pyridine rings is 1. The quantitative estimate of drug-likeness (QED) is 0.750. The number of carbonyl (C=O) groups is 1. The molecule has 2 aromatic heterocycles. The maximum absolute atomic E-state index is 13.5. The van der Waals surface area contributed by atoms with Crippen molar-refractivity contribution in [2.45, 2.75) is 31.4 Å². The van der Waals surface area contributed by atoms with Crippen LogP contribution in [-0.2, 0) is 23.8 Å². The van der Waals surface area contributed by atoms with Gasteiger partial charge in [-0.15, -0.1) is 0 Å². The highest BCUT2D eigenvalue weighted by atomic mass is 19.4. The normalized spacial score (nSPS) is 19.1. The Labute approximate surface area is 177 Å². The van der Waals surface area contributed by atoms with E-state index < -0.39 is 17.7 Å². The van der Waals surface area contributed by atoms with Crippen molar-refractivity contribution in [1.29, 1.82) is 0 Å². The minimum Gasteiger partial charge on any atom is -0.384 e. The standard InChI is InChI=1S/C21H23F3N6O/c1-2-18(31)29-7-9-30(10-8-29)20-14-4-3-13(11-16(14)26-12-27-20)19-15(21(22,23)24)5-6-17(25)28-19/h2,5-6,12-13H,1,3-4,7-11H2,(H2,25,28). The number of halogens is 3. The van der Waals surface area contributed by atoms with Crippen molar-refractivity contribution < 1.29 is 18.0 Å². The van der Waals surface area contributed by atoms with E-state index in [1.807, 2.05) is 0 Å². The number of alkyl halides is 3. The van der Waals surface area contributed by atoms with Gasteiger partial charge in [-0.3, -0.25) is 4.79 Å². The first-order valence-electron chi connectivity index (χ1n) is 10.1. The number of nitrogens with zero attached hydrogens (tertiary/aromatic N) is 5. The van der Waals surface area contributed by atoms with Gasteiger partial charge in [-0.2, -0.15) is 13.2 Å². The number of amides is 1. The van der Waals surface area contributed by atoms with Crippen LogP contribution in [0.2, 0.25) is 0 Å². The molecule has 0 aromatic carbocycles. The van der Waals surface area contributed by atoms with Crippen LogP contribution < -0.4 is 10.6 Å². The summed E-state index contributed by atoms with van der Waals surface area (Å²) in [6.45, 7) is 5.90. The third-order valence-electron chi connectivity index (χ3n) is 5.90. The molecule has 0 spiro atoms. The Kier molecular flexibility index (Phi) is 5.55. The Morgan fingerprint density at radius 2 is 1.94 bits per heavy atom. The van der Waals surface area contributed by atoms with Gasteiger partial charge in [0, 0.05) is 43.4 Å². The molecule has 2 aliphatic rings. The maximum Gasteiger partial charge on any atom is 0.418 e. The van der Waals surface area contributed by atoms with Gasteiger partial charge in [-0.25, -0.2) is 15.0 Å². The van der Waals surface area contributed by atoms with Gasteiger partial charge in [-0.1, -0.05) is 6.58 Å². The van der Waals surface area contributed by atoms with Crippen molar-refractivity contribution in [1.82, 2.24) is 19.9 Å². The van der Waals surface area contributed by atoms with Crippen molar-refractivity contribution in [3.05, 3.63) is 53.6 Å². The number of hydrogen-bond acceptors (Lipinski definition) is 6. The molecule has 1 atom stereocenters. The number of nitrogens with two attached hydrogens (primary N) is 1. The molecule has 2 aromatic rings. The average Bonchev–Trinajstić information content (AvgIpc) is 2.77. The number of rotatable bonds is 3. The highest BCUT2D eigenvalue weighted by molar-refractivity contribution is 5.87. The van der Waals surface area contributed by atoms with Crippen molar-refractivity contribution in [2.24, 2.45) is 0 Å². The second-order valence-corrected chi connectivity index (χ2v) is 7.75. The minimum absolute atomic E-state index is 0.0186. The zero-order valence-electron chi connectivity index (χ0n) is 16.9. The molecule has 7 nitrogen and oxygen atoms in total. The maximum atomic E-state index is 13.5. The molecule has 2 N–H and O–H groups in total. The summed E-state index contributed by atoms with van der Waals surface area (Å²) in [5.41, 5.74) is 6.63. The molecule has 1 amide bonds. The lowest BCUT2D eigenvalue weighted by Crippen LogP contribution is -2.49. The molecule has 0 radical (unpaired) electrons. The molecule has 1 fully saturated rings. The summed E-state index contributed by atoms with van der Waals surface area (Å²) in [4.78, 5) is 28.5. The van der Waals surface area contributed by atoms with Crippen LogP contribution in [0.1, 0.15) is 34.9 Å². The first-order chi connectivity index (χ1) is 14.8. The molecule has 1 aliphatic heterocycles. The van der Waals surface area contributed by atoms with E-state index >= 15 is 0 Å². The fourth-order valence-corrected chi connectivity index (χ4v) is 4.34. The summed E-state index contributed by atoms with van der Waals surface area (Å²) in [5, 5.41) is 0. The van der Waals surface area contributed by atoms with Crippen molar-refractivity contribution in [3.63, 3.8) is 0 Å². The molecule has 1 saturated heterocycles. The van der Waals surface area contributed by atoms with Gasteiger partial charge in [0.1, 0.15) is 18.0 Å². The number of hydrogen-bond donors (Lipinski definition) is 1. The van der Waals surface area contributed by atoms with Gasteiger partial charge < -0.3 is 15.5 Å². The van der Waals surface area contributed by atoms with Gasteiger partial charge in [0.05, 0.1) is 11.3 Å². The van der Waals surface area contributed by atoms with Crippen LogP contribution in [0.15, 0.2) is 31.1 Å². The Bertz CT molecular complexity index is 1000. The molecule has 164 valence electrons. The molecular formula is C21H23F3N6O. The van der Waals surface area contributed by atoms with Crippen LogP contribution in [0.25, 0.3) is 0 Å². The summed E-state index contributed by atoms with van der Waals surface area (Å²) in [5.74, 6) is 0.356. The van der Waals surface area contributed by atoms with E-state index in [4.69, 9.17) is 5.73 Å². The minimum atomic E-state index is -4.49. The van der Waals surface area contributed by atoms with Crippen LogP contribution in [0.4, 0.5) is 24.8 Å². The number of carbonyl (C=O) groups excluding carboxylic acids is 1. The lowest BCUT2D eigenvalue weighted by atomic mass is 9.83. The van der Waals surface area contributed by atoms with E-state index in [0.29, 0.717) is 45.4 Å². The summed E-state index contributed by atoms with van der Waals surface area (Å²) in [7, 11) is 0. The summed E-state index contributed by atoms with van der Waals surface area (Å²) in [6, 6.07) is 2.18. The molecule has 10 heteroatoms. The van der Waals surface area contributed by atoms with E-state index in [2.05, 4.69) is 26.4 Å². The van der Waals surface area contributed by atoms with Crippen molar-refractivity contribution in [3.8, 4) is 0 Å². The van der Waals surface area contributed by atoms with Crippen molar-refractivity contribution in [2.75, 3.05) is 36.8 Å². The van der Waals surface area contributed by atoms with Crippen LogP contribution in [0.3, 0.4) is 0 Å². The van der Waals surface area contributed by atoms with E-state index in [1.165, 1.54) is 18.5 Å². The summed E-state index contributed by atoms with van der Waals surface area (Å²) >= 11 is 0. The third kappa shape index (κ3) is 4.19. The zero-order valence-corrected chi connectivity index (χ0v) is 16.9. The third-order valence-corrected chi connectivity index (χ3v) is 5.90. The summed E-state index contributed by atoms with van der Waals surface area (Å²) < 4.78 is 40.5. The number of nitrogen functional groups attached to an aromatic ring is 1. The van der Waals surface area contributed by atoms with Crippen LogP contribution in [0.5, 0.6) is 0 Å². The van der Waals surface area contributed by atoms with Crippen LogP contribution >= 0.6 is 0 Å². The van der Waals surface area contributed by atoms with Gasteiger partial charge >= 0.3 is 6.18 Å². The molecule has 0 saturated carbocycles. The van der Waals surface area contributed by atoms with E-state index in [9.17, 15) is 18.0 Å². The second-order valence-electron chi connectivity index (χ2n) is 7.75. The zero-order chi connectivity index (χ0) is 22.2. The van der Waals surface area contributed by atoms with Gasteiger partial charge in [-0.05, 0) is 37.5 Å². The van der Waals surface area contributed by atoms with E-state index in [1.54, 1.807) is 4.90 Å². The fourth-order valence-electron chi connectivity index (χ4n) is 4.34. The number of fused-ring (bicyclic) bond motifs is 1. The van der Waals surface area contributed by atoms with E-state index in [0.717, 1.165) is 23.1 Å². The second kappa shape index (κ2) is 8.16. The number of aromatic nitrogens is 3. The molecule has 0 bridgehead atoms. The highest BCUT2D eigenvalue weighted by Gasteiger charge is 2.38. The Morgan fingerprint density at radius 1 is 1.19 bits per heavy atom. The molecular weight excluding hydrogens is 409 g/mol.